The minimum atomic E-state index is -0.620. The SMILES string of the molecule is CC(O)Cn1c(N2CCCC(C)C2)nc2c1c(=O)[nH]c(=O)n2C. The van der Waals surface area contributed by atoms with Crippen LogP contribution in [0.25, 0.3) is 11.2 Å². The van der Waals surface area contributed by atoms with Gasteiger partial charge in [0.2, 0.25) is 5.95 Å². The molecule has 0 saturated carbocycles. The third-order valence-electron chi connectivity index (χ3n) is 4.37. The number of aryl methyl sites for hydroxylation is 1. The fourth-order valence-corrected chi connectivity index (χ4v) is 3.27. The van der Waals surface area contributed by atoms with E-state index in [-0.39, 0.29) is 6.54 Å². The molecule has 8 heteroatoms. The lowest BCUT2D eigenvalue weighted by Crippen LogP contribution is -2.36. The Morgan fingerprint density at radius 2 is 2.17 bits per heavy atom. The van der Waals surface area contributed by atoms with E-state index in [1.54, 1.807) is 18.5 Å². The summed E-state index contributed by atoms with van der Waals surface area (Å²) in [6.45, 7) is 5.84. The predicted molar refractivity (Wildman–Crippen MR) is 87.9 cm³/mol. The van der Waals surface area contributed by atoms with Crippen LogP contribution < -0.4 is 16.1 Å². The Morgan fingerprint density at radius 1 is 1.43 bits per heavy atom. The van der Waals surface area contributed by atoms with Gasteiger partial charge in [0.15, 0.2) is 11.2 Å². The van der Waals surface area contributed by atoms with Crippen molar-refractivity contribution in [2.75, 3.05) is 18.0 Å². The lowest BCUT2D eigenvalue weighted by molar-refractivity contribution is 0.175. The van der Waals surface area contributed by atoms with Crippen molar-refractivity contribution in [2.45, 2.75) is 39.3 Å². The number of aliphatic hydroxyl groups is 1. The molecule has 126 valence electrons. The molecule has 23 heavy (non-hydrogen) atoms. The Kier molecular flexibility index (Phi) is 4.01. The number of aliphatic hydroxyl groups excluding tert-OH is 1. The first-order valence-corrected chi connectivity index (χ1v) is 8.01. The van der Waals surface area contributed by atoms with Crippen LogP contribution in [0.1, 0.15) is 26.7 Å². The maximum absolute atomic E-state index is 12.3. The maximum atomic E-state index is 12.3. The van der Waals surface area contributed by atoms with E-state index in [9.17, 15) is 14.7 Å². The summed E-state index contributed by atoms with van der Waals surface area (Å²) in [5.41, 5.74) is -0.260. The Hall–Kier alpha value is -2.09. The highest BCUT2D eigenvalue weighted by molar-refractivity contribution is 5.74. The van der Waals surface area contributed by atoms with Crippen LogP contribution in [0, 0.1) is 5.92 Å². The summed E-state index contributed by atoms with van der Waals surface area (Å²) in [7, 11) is 1.59. The van der Waals surface area contributed by atoms with Gasteiger partial charge in [0.25, 0.3) is 5.56 Å². The average molecular weight is 321 g/mol. The van der Waals surface area contributed by atoms with Gasteiger partial charge < -0.3 is 14.6 Å². The number of aromatic nitrogens is 4. The van der Waals surface area contributed by atoms with E-state index in [1.165, 1.54) is 11.0 Å². The predicted octanol–water partition coefficient (Wildman–Crippen LogP) is 0.0404. The molecule has 8 nitrogen and oxygen atoms in total. The van der Waals surface area contributed by atoms with E-state index in [2.05, 4.69) is 21.8 Å². The van der Waals surface area contributed by atoms with Crippen LogP contribution in [-0.2, 0) is 13.6 Å². The summed E-state index contributed by atoms with van der Waals surface area (Å²) in [5.74, 6) is 1.20. The Bertz CT molecular complexity index is 832. The molecule has 0 aromatic carbocycles. The van der Waals surface area contributed by atoms with Gasteiger partial charge in [-0.15, -0.1) is 0 Å². The molecule has 0 aliphatic carbocycles. The van der Waals surface area contributed by atoms with E-state index >= 15 is 0 Å². The van der Waals surface area contributed by atoms with E-state index < -0.39 is 17.4 Å². The molecule has 0 spiro atoms. The lowest BCUT2D eigenvalue weighted by Gasteiger charge is -2.32. The number of aromatic amines is 1. The minimum absolute atomic E-state index is 0.262. The molecule has 1 saturated heterocycles. The van der Waals surface area contributed by atoms with Crippen LogP contribution in [0.3, 0.4) is 0 Å². The number of fused-ring (bicyclic) bond motifs is 1. The summed E-state index contributed by atoms with van der Waals surface area (Å²) >= 11 is 0. The number of imidazole rings is 1. The lowest BCUT2D eigenvalue weighted by atomic mass is 10.0. The number of nitrogens with one attached hydrogen (secondary N) is 1. The van der Waals surface area contributed by atoms with Crippen molar-refractivity contribution >= 4 is 17.1 Å². The number of hydrogen-bond acceptors (Lipinski definition) is 5. The van der Waals surface area contributed by atoms with Crippen molar-refractivity contribution in [2.24, 2.45) is 13.0 Å². The van der Waals surface area contributed by atoms with Crippen LogP contribution in [0.5, 0.6) is 0 Å². The second kappa shape index (κ2) is 5.84. The monoisotopic (exact) mass is 321 g/mol. The van der Waals surface area contributed by atoms with Gasteiger partial charge in [0, 0.05) is 20.1 Å². The van der Waals surface area contributed by atoms with Crippen LogP contribution >= 0.6 is 0 Å². The van der Waals surface area contributed by atoms with Crippen molar-refractivity contribution in [3.8, 4) is 0 Å². The highest BCUT2D eigenvalue weighted by atomic mass is 16.3. The van der Waals surface area contributed by atoms with Crippen LogP contribution in [0.4, 0.5) is 5.95 Å². The minimum Gasteiger partial charge on any atom is -0.392 e. The molecule has 2 N–H and O–H groups in total. The number of H-pyrrole nitrogens is 1. The number of piperidine rings is 1. The van der Waals surface area contributed by atoms with E-state index in [1.807, 2.05) is 0 Å². The van der Waals surface area contributed by atoms with Crippen molar-refractivity contribution in [3.63, 3.8) is 0 Å². The molecule has 0 radical (unpaired) electrons. The van der Waals surface area contributed by atoms with Crippen molar-refractivity contribution in [1.82, 2.24) is 19.1 Å². The fraction of sp³-hybridized carbons (Fsp3) is 0.667. The highest BCUT2D eigenvalue weighted by Gasteiger charge is 2.25. The molecule has 0 bridgehead atoms. The summed E-state index contributed by atoms with van der Waals surface area (Å²) in [6, 6.07) is 0. The molecule has 3 rings (SSSR count). The number of hydrogen-bond donors (Lipinski definition) is 2. The first-order chi connectivity index (χ1) is 10.9. The topological polar surface area (TPSA) is 96.2 Å². The zero-order valence-corrected chi connectivity index (χ0v) is 13.7. The van der Waals surface area contributed by atoms with Gasteiger partial charge in [-0.05, 0) is 25.7 Å². The third kappa shape index (κ3) is 2.78. The van der Waals surface area contributed by atoms with Gasteiger partial charge in [-0.2, -0.15) is 4.98 Å². The van der Waals surface area contributed by atoms with Crippen molar-refractivity contribution in [3.05, 3.63) is 20.8 Å². The zero-order valence-electron chi connectivity index (χ0n) is 13.7. The largest absolute Gasteiger partial charge is 0.392 e. The molecule has 2 aromatic rings. The van der Waals surface area contributed by atoms with Gasteiger partial charge in [-0.3, -0.25) is 14.3 Å². The normalized spacial score (nSPS) is 20.2. The molecule has 1 aliphatic rings. The fourth-order valence-electron chi connectivity index (χ4n) is 3.27. The van der Waals surface area contributed by atoms with Crippen LogP contribution in [-0.4, -0.2) is 43.4 Å². The number of anilines is 1. The summed E-state index contributed by atoms with van der Waals surface area (Å²) in [4.78, 5) is 33.1. The first kappa shape index (κ1) is 15.8. The molecule has 0 amide bonds. The van der Waals surface area contributed by atoms with Crippen molar-refractivity contribution in [1.29, 1.82) is 0 Å². The van der Waals surface area contributed by atoms with Gasteiger partial charge in [-0.1, -0.05) is 6.92 Å². The smallest absolute Gasteiger partial charge is 0.329 e. The average Bonchev–Trinajstić information content (AvgIpc) is 2.84. The van der Waals surface area contributed by atoms with Crippen LogP contribution in [0.2, 0.25) is 0 Å². The summed E-state index contributed by atoms with van der Waals surface area (Å²) in [5, 5.41) is 9.83. The quantitative estimate of drug-likeness (QED) is 0.832. The molecular formula is C15H23N5O3. The molecule has 1 aliphatic heterocycles. The molecular weight excluding hydrogens is 298 g/mol. The highest BCUT2D eigenvalue weighted by Crippen LogP contribution is 2.25. The van der Waals surface area contributed by atoms with Gasteiger partial charge in [0.1, 0.15) is 0 Å². The number of nitrogens with zero attached hydrogens (tertiary/aromatic N) is 4. The number of rotatable bonds is 3. The summed E-state index contributed by atoms with van der Waals surface area (Å²) in [6.07, 6.45) is 1.62. The summed E-state index contributed by atoms with van der Waals surface area (Å²) < 4.78 is 3.07. The van der Waals surface area contributed by atoms with Crippen molar-refractivity contribution < 1.29 is 5.11 Å². The molecule has 2 unspecified atom stereocenters. The second-order valence-corrected chi connectivity index (χ2v) is 6.56. The van der Waals surface area contributed by atoms with Gasteiger partial charge in [0.05, 0.1) is 12.6 Å². The molecule has 3 heterocycles. The maximum Gasteiger partial charge on any atom is 0.329 e. The molecule has 2 atom stereocenters. The van der Waals surface area contributed by atoms with E-state index in [4.69, 9.17) is 0 Å². The molecule has 2 aromatic heterocycles. The first-order valence-electron chi connectivity index (χ1n) is 8.01. The zero-order chi connectivity index (χ0) is 16.7. The second-order valence-electron chi connectivity index (χ2n) is 6.56. The standard InChI is InChI=1S/C15H23N5O3/c1-9-5-4-6-19(7-9)14-16-12-11(20(14)8-10(2)21)13(22)17-15(23)18(12)3/h9-10,21H,4-8H2,1-3H3,(H,17,22,23). The van der Waals surface area contributed by atoms with E-state index in [0.717, 1.165) is 19.5 Å². The Balaban J connectivity index is 2.23. The Labute approximate surface area is 133 Å². The van der Waals surface area contributed by atoms with Crippen LogP contribution in [0.15, 0.2) is 9.59 Å². The van der Waals surface area contributed by atoms with Gasteiger partial charge in [-0.25, -0.2) is 4.79 Å². The van der Waals surface area contributed by atoms with E-state index in [0.29, 0.717) is 23.0 Å². The Morgan fingerprint density at radius 3 is 2.83 bits per heavy atom. The van der Waals surface area contributed by atoms with Gasteiger partial charge >= 0.3 is 5.69 Å². The molecule has 1 fully saturated rings. The third-order valence-corrected chi connectivity index (χ3v) is 4.37.